The molecule has 0 spiro atoms. The van der Waals surface area contributed by atoms with Gasteiger partial charge in [-0.25, -0.2) is 0 Å². The third-order valence-electron chi connectivity index (χ3n) is 4.21. The van der Waals surface area contributed by atoms with Crippen LogP contribution in [-0.2, 0) is 14.9 Å². The molecule has 1 heterocycles. The van der Waals surface area contributed by atoms with Crippen LogP contribution in [-0.4, -0.2) is 18.0 Å². The standard InChI is InChI=1S/C15H18O2/c1-11-10-15(12-6-3-2-4-7-12)13(16)8-5-9-14(15)17-11/h2-4,6-7,11,14H,5,8-10H2,1H3/t11-,14+,15+/m0/s1. The minimum Gasteiger partial charge on any atom is -0.374 e. The van der Waals surface area contributed by atoms with E-state index in [-0.39, 0.29) is 17.6 Å². The van der Waals surface area contributed by atoms with Gasteiger partial charge in [-0.05, 0) is 31.7 Å². The smallest absolute Gasteiger partial charge is 0.146 e. The van der Waals surface area contributed by atoms with Crippen molar-refractivity contribution in [1.29, 1.82) is 0 Å². The molecule has 3 atom stereocenters. The third-order valence-corrected chi connectivity index (χ3v) is 4.21. The highest BCUT2D eigenvalue weighted by atomic mass is 16.5. The van der Waals surface area contributed by atoms with Crippen LogP contribution in [0.5, 0.6) is 0 Å². The maximum absolute atomic E-state index is 12.5. The summed E-state index contributed by atoms with van der Waals surface area (Å²) in [7, 11) is 0. The number of hydrogen-bond donors (Lipinski definition) is 0. The Morgan fingerprint density at radius 1 is 1.29 bits per heavy atom. The van der Waals surface area contributed by atoms with Crippen molar-refractivity contribution in [2.45, 2.75) is 50.2 Å². The summed E-state index contributed by atoms with van der Waals surface area (Å²) in [6, 6.07) is 10.2. The average molecular weight is 230 g/mol. The Bertz CT molecular complexity index is 426. The predicted molar refractivity (Wildman–Crippen MR) is 65.9 cm³/mol. The van der Waals surface area contributed by atoms with Gasteiger partial charge in [0.25, 0.3) is 0 Å². The van der Waals surface area contributed by atoms with E-state index in [1.54, 1.807) is 0 Å². The van der Waals surface area contributed by atoms with Crippen LogP contribution in [0.3, 0.4) is 0 Å². The zero-order valence-electron chi connectivity index (χ0n) is 10.2. The molecule has 2 nitrogen and oxygen atoms in total. The number of fused-ring (bicyclic) bond motifs is 1. The van der Waals surface area contributed by atoms with Gasteiger partial charge in [-0.1, -0.05) is 30.3 Å². The van der Waals surface area contributed by atoms with E-state index in [9.17, 15) is 4.79 Å². The average Bonchev–Trinajstić information content (AvgIpc) is 2.69. The van der Waals surface area contributed by atoms with Crippen LogP contribution in [0.25, 0.3) is 0 Å². The summed E-state index contributed by atoms with van der Waals surface area (Å²) in [6.45, 7) is 2.08. The van der Waals surface area contributed by atoms with Crippen molar-refractivity contribution in [2.24, 2.45) is 0 Å². The van der Waals surface area contributed by atoms with Gasteiger partial charge < -0.3 is 4.74 Å². The fourth-order valence-electron chi connectivity index (χ4n) is 3.51. The van der Waals surface area contributed by atoms with Crippen LogP contribution in [0, 0.1) is 0 Å². The topological polar surface area (TPSA) is 26.3 Å². The van der Waals surface area contributed by atoms with Gasteiger partial charge in [-0.15, -0.1) is 0 Å². The first kappa shape index (κ1) is 11.0. The molecule has 0 bridgehead atoms. The van der Waals surface area contributed by atoms with E-state index in [2.05, 4.69) is 19.1 Å². The molecule has 0 amide bonds. The number of benzene rings is 1. The highest BCUT2D eigenvalue weighted by Crippen LogP contribution is 2.47. The Kier molecular flexibility index (Phi) is 2.55. The number of carbonyl (C=O) groups excluding carboxylic acids is 1. The van der Waals surface area contributed by atoms with E-state index in [0.29, 0.717) is 12.2 Å². The normalized spacial score (nSPS) is 36.9. The minimum atomic E-state index is -0.348. The summed E-state index contributed by atoms with van der Waals surface area (Å²) < 4.78 is 5.97. The molecule has 1 aromatic rings. The summed E-state index contributed by atoms with van der Waals surface area (Å²) in [5, 5.41) is 0. The third kappa shape index (κ3) is 1.54. The van der Waals surface area contributed by atoms with E-state index in [4.69, 9.17) is 4.74 Å². The lowest BCUT2D eigenvalue weighted by molar-refractivity contribution is -0.129. The summed E-state index contributed by atoms with van der Waals surface area (Å²) in [5.41, 5.74) is 0.804. The lowest BCUT2D eigenvalue weighted by Gasteiger charge is -2.36. The van der Waals surface area contributed by atoms with Gasteiger partial charge in [0.15, 0.2) is 0 Å². The molecule has 0 radical (unpaired) electrons. The fourth-order valence-corrected chi connectivity index (χ4v) is 3.51. The van der Waals surface area contributed by atoms with Crippen molar-refractivity contribution >= 4 is 5.78 Å². The quantitative estimate of drug-likeness (QED) is 0.741. The zero-order valence-corrected chi connectivity index (χ0v) is 10.2. The molecule has 0 unspecified atom stereocenters. The summed E-state index contributed by atoms with van der Waals surface area (Å²) >= 11 is 0. The molecular formula is C15H18O2. The molecule has 90 valence electrons. The number of rotatable bonds is 1. The van der Waals surface area contributed by atoms with Crippen LogP contribution in [0.2, 0.25) is 0 Å². The Morgan fingerprint density at radius 3 is 2.82 bits per heavy atom. The van der Waals surface area contributed by atoms with Gasteiger partial charge in [0, 0.05) is 6.42 Å². The molecule has 1 aliphatic heterocycles. The lowest BCUT2D eigenvalue weighted by atomic mass is 9.65. The van der Waals surface area contributed by atoms with Gasteiger partial charge >= 0.3 is 0 Å². The molecule has 1 aliphatic carbocycles. The van der Waals surface area contributed by atoms with E-state index >= 15 is 0 Å². The van der Waals surface area contributed by atoms with Gasteiger partial charge in [0.2, 0.25) is 0 Å². The monoisotopic (exact) mass is 230 g/mol. The number of hydrogen-bond acceptors (Lipinski definition) is 2. The molecule has 1 saturated carbocycles. The van der Waals surface area contributed by atoms with Crippen molar-refractivity contribution in [1.82, 2.24) is 0 Å². The van der Waals surface area contributed by atoms with E-state index in [1.807, 2.05) is 18.2 Å². The van der Waals surface area contributed by atoms with Crippen molar-refractivity contribution in [3.05, 3.63) is 35.9 Å². The minimum absolute atomic E-state index is 0.0983. The first-order valence-electron chi connectivity index (χ1n) is 6.48. The second-order valence-electron chi connectivity index (χ2n) is 5.29. The highest BCUT2D eigenvalue weighted by molar-refractivity contribution is 5.92. The Hall–Kier alpha value is -1.15. The molecule has 2 fully saturated rings. The Labute approximate surface area is 102 Å². The molecular weight excluding hydrogens is 212 g/mol. The number of Topliss-reactive ketones (excluding diaryl/α,β-unsaturated/α-hetero) is 1. The molecule has 17 heavy (non-hydrogen) atoms. The largest absolute Gasteiger partial charge is 0.374 e. The zero-order chi connectivity index (χ0) is 11.9. The maximum Gasteiger partial charge on any atom is 0.146 e. The molecule has 0 aromatic heterocycles. The van der Waals surface area contributed by atoms with Gasteiger partial charge in [-0.2, -0.15) is 0 Å². The fraction of sp³-hybridized carbons (Fsp3) is 0.533. The van der Waals surface area contributed by atoms with E-state index in [0.717, 1.165) is 24.8 Å². The first-order chi connectivity index (χ1) is 8.23. The van der Waals surface area contributed by atoms with Crippen LogP contribution in [0.4, 0.5) is 0 Å². The van der Waals surface area contributed by atoms with Gasteiger partial charge in [0.05, 0.1) is 17.6 Å². The second-order valence-corrected chi connectivity index (χ2v) is 5.29. The maximum atomic E-state index is 12.5. The van der Waals surface area contributed by atoms with Crippen molar-refractivity contribution in [3.63, 3.8) is 0 Å². The number of ether oxygens (including phenoxy) is 1. The summed E-state index contributed by atoms with van der Waals surface area (Å²) in [4.78, 5) is 12.5. The molecule has 3 rings (SSSR count). The lowest BCUT2D eigenvalue weighted by Crippen LogP contribution is -2.46. The first-order valence-corrected chi connectivity index (χ1v) is 6.48. The van der Waals surface area contributed by atoms with Gasteiger partial charge in [0.1, 0.15) is 5.78 Å². The molecule has 1 aromatic carbocycles. The molecule has 0 N–H and O–H groups in total. The highest BCUT2D eigenvalue weighted by Gasteiger charge is 2.54. The van der Waals surface area contributed by atoms with E-state index in [1.165, 1.54) is 0 Å². The van der Waals surface area contributed by atoms with Crippen LogP contribution >= 0.6 is 0 Å². The summed E-state index contributed by atoms with van der Waals surface area (Å²) in [5.74, 6) is 0.379. The van der Waals surface area contributed by atoms with Gasteiger partial charge in [-0.3, -0.25) is 4.79 Å². The van der Waals surface area contributed by atoms with Crippen molar-refractivity contribution in [2.75, 3.05) is 0 Å². The Morgan fingerprint density at radius 2 is 2.06 bits per heavy atom. The van der Waals surface area contributed by atoms with E-state index < -0.39 is 0 Å². The van der Waals surface area contributed by atoms with Crippen molar-refractivity contribution < 1.29 is 9.53 Å². The summed E-state index contributed by atoms with van der Waals surface area (Å²) in [6.07, 6.45) is 3.85. The molecule has 1 saturated heterocycles. The predicted octanol–water partition coefficient (Wildman–Crippen LogP) is 2.85. The van der Waals surface area contributed by atoms with Crippen LogP contribution in [0.15, 0.2) is 30.3 Å². The van der Waals surface area contributed by atoms with Crippen molar-refractivity contribution in [3.8, 4) is 0 Å². The number of carbonyl (C=O) groups is 1. The molecule has 2 aliphatic rings. The SMILES string of the molecule is C[C@H]1C[C@@]2(c3ccccc3)C(=O)CCC[C@H]2O1. The number of ketones is 1. The van der Waals surface area contributed by atoms with Crippen LogP contribution < -0.4 is 0 Å². The van der Waals surface area contributed by atoms with Crippen LogP contribution in [0.1, 0.15) is 38.2 Å². The second kappa shape index (κ2) is 3.95. The molecule has 2 heteroatoms. The Balaban J connectivity index is 2.09.